The third-order valence-electron chi connectivity index (χ3n) is 2.30. The summed E-state index contributed by atoms with van der Waals surface area (Å²) in [5.41, 5.74) is 3.85. The number of rotatable bonds is 4. The quantitative estimate of drug-likeness (QED) is 0.379. The van der Waals surface area contributed by atoms with Crippen molar-refractivity contribution >= 4 is 23.3 Å². The molecule has 20 heavy (non-hydrogen) atoms. The molecular formula is C11H12N6O2S. The van der Waals surface area contributed by atoms with Gasteiger partial charge in [-0.15, -0.1) is 0 Å². The Morgan fingerprint density at radius 2 is 1.85 bits per heavy atom. The average molecular weight is 292 g/mol. The fourth-order valence-corrected chi connectivity index (χ4v) is 2.45. The van der Waals surface area contributed by atoms with Crippen LogP contribution in [0.2, 0.25) is 0 Å². The van der Waals surface area contributed by atoms with E-state index in [4.69, 9.17) is 5.84 Å². The summed E-state index contributed by atoms with van der Waals surface area (Å²) in [5.74, 6) is 5.47. The molecular weight excluding hydrogens is 280 g/mol. The molecule has 2 rings (SSSR count). The molecule has 0 saturated carbocycles. The van der Waals surface area contributed by atoms with E-state index in [1.54, 1.807) is 0 Å². The number of hydrogen-bond donors (Lipinski definition) is 2. The van der Waals surface area contributed by atoms with Gasteiger partial charge in [0, 0.05) is 17.5 Å². The van der Waals surface area contributed by atoms with Crippen molar-refractivity contribution in [2.45, 2.75) is 24.0 Å². The maximum Gasteiger partial charge on any atom is 0.275 e. The smallest absolute Gasteiger partial charge is 0.275 e. The van der Waals surface area contributed by atoms with Gasteiger partial charge in [-0.1, -0.05) is 0 Å². The van der Waals surface area contributed by atoms with Gasteiger partial charge >= 0.3 is 0 Å². The summed E-state index contributed by atoms with van der Waals surface area (Å²) < 4.78 is 0. The SMILES string of the molecule is Cc1cc(C)nc(Sc2cc([N+](=O)[O-])cc(NN)n2)n1. The summed E-state index contributed by atoms with van der Waals surface area (Å²) >= 11 is 1.14. The molecule has 104 valence electrons. The molecule has 0 aliphatic heterocycles. The largest absolute Gasteiger partial charge is 0.308 e. The van der Waals surface area contributed by atoms with Crippen molar-refractivity contribution in [2.75, 3.05) is 5.43 Å². The van der Waals surface area contributed by atoms with Gasteiger partial charge in [0.1, 0.15) is 10.8 Å². The Labute approximate surface area is 119 Å². The molecule has 8 nitrogen and oxygen atoms in total. The van der Waals surface area contributed by atoms with Gasteiger partial charge in [0.15, 0.2) is 5.16 Å². The lowest BCUT2D eigenvalue weighted by atomic mass is 10.4. The van der Waals surface area contributed by atoms with E-state index in [1.165, 1.54) is 12.1 Å². The number of nitrogens with two attached hydrogens (primary N) is 1. The van der Waals surface area contributed by atoms with Gasteiger partial charge < -0.3 is 5.43 Å². The summed E-state index contributed by atoms with van der Waals surface area (Å²) in [6, 6.07) is 4.46. The summed E-state index contributed by atoms with van der Waals surface area (Å²) in [6.45, 7) is 3.71. The topological polar surface area (TPSA) is 120 Å². The van der Waals surface area contributed by atoms with Crippen molar-refractivity contribution in [1.82, 2.24) is 15.0 Å². The first-order valence-electron chi connectivity index (χ1n) is 5.61. The molecule has 3 N–H and O–H groups in total. The van der Waals surface area contributed by atoms with Gasteiger partial charge in [-0.2, -0.15) is 0 Å². The Morgan fingerprint density at radius 1 is 1.20 bits per heavy atom. The van der Waals surface area contributed by atoms with Crippen LogP contribution in [0.15, 0.2) is 28.4 Å². The molecule has 2 heterocycles. The highest BCUT2D eigenvalue weighted by Gasteiger charge is 2.13. The minimum atomic E-state index is -0.505. The van der Waals surface area contributed by atoms with E-state index in [2.05, 4.69) is 20.4 Å². The monoisotopic (exact) mass is 292 g/mol. The van der Waals surface area contributed by atoms with Gasteiger partial charge in [-0.3, -0.25) is 10.1 Å². The molecule has 0 unspecified atom stereocenters. The van der Waals surface area contributed by atoms with E-state index >= 15 is 0 Å². The predicted octanol–water partition coefficient (Wildman–Crippen LogP) is 1.83. The first-order valence-corrected chi connectivity index (χ1v) is 6.43. The third kappa shape index (κ3) is 3.39. The van der Waals surface area contributed by atoms with Crippen molar-refractivity contribution < 1.29 is 4.92 Å². The van der Waals surface area contributed by atoms with Gasteiger partial charge in [-0.05, 0) is 31.7 Å². The molecule has 0 aliphatic rings. The van der Waals surface area contributed by atoms with Crippen LogP contribution in [0.3, 0.4) is 0 Å². The molecule has 2 aromatic rings. The standard InChI is InChI=1S/C11H12N6O2S/c1-6-3-7(2)14-11(13-6)20-10-5-8(17(18)19)4-9(15-10)16-12/h3-5H,12H2,1-2H3,(H,15,16). The lowest BCUT2D eigenvalue weighted by Gasteiger charge is -2.04. The van der Waals surface area contributed by atoms with Crippen LogP contribution in [0, 0.1) is 24.0 Å². The number of aromatic nitrogens is 3. The highest BCUT2D eigenvalue weighted by atomic mass is 32.2. The maximum atomic E-state index is 10.9. The predicted molar refractivity (Wildman–Crippen MR) is 74.3 cm³/mol. The number of anilines is 1. The normalized spacial score (nSPS) is 10.3. The molecule has 0 atom stereocenters. The van der Waals surface area contributed by atoms with Crippen molar-refractivity contribution in [2.24, 2.45) is 5.84 Å². The number of nitrogen functional groups attached to an aromatic ring is 1. The highest BCUT2D eigenvalue weighted by Crippen LogP contribution is 2.28. The molecule has 2 aromatic heterocycles. The number of hydrogen-bond acceptors (Lipinski definition) is 8. The molecule has 9 heteroatoms. The Hall–Kier alpha value is -2.26. The minimum absolute atomic E-state index is 0.0974. The molecule has 0 spiro atoms. The molecule has 0 amide bonds. The minimum Gasteiger partial charge on any atom is -0.308 e. The van der Waals surface area contributed by atoms with E-state index in [-0.39, 0.29) is 11.5 Å². The number of nitro groups is 1. The zero-order chi connectivity index (χ0) is 14.7. The number of aryl methyl sites for hydroxylation is 2. The van der Waals surface area contributed by atoms with Gasteiger partial charge in [0.2, 0.25) is 0 Å². The van der Waals surface area contributed by atoms with Gasteiger partial charge in [0.05, 0.1) is 11.0 Å². The lowest BCUT2D eigenvalue weighted by molar-refractivity contribution is -0.385. The van der Waals surface area contributed by atoms with Crippen molar-refractivity contribution in [1.29, 1.82) is 0 Å². The van der Waals surface area contributed by atoms with Crippen LogP contribution in [-0.2, 0) is 0 Å². The third-order valence-corrected chi connectivity index (χ3v) is 3.09. The van der Waals surface area contributed by atoms with Crippen LogP contribution in [0.4, 0.5) is 11.5 Å². The Kier molecular flexibility index (Phi) is 4.11. The van der Waals surface area contributed by atoms with Gasteiger partial charge in [0.25, 0.3) is 5.69 Å². The van der Waals surface area contributed by atoms with Crippen LogP contribution in [-0.4, -0.2) is 19.9 Å². The van der Waals surface area contributed by atoms with Crippen LogP contribution in [0.25, 0.3) is 0 Å². The Morgan fingerprint density at radius 3 is 2.40 bits per heavy atom. The van der Waals surface area contributed by atoms with Crippen LogP contribution in [0.5, 0.6) is 0 Å². The molecule has 0 aromatic carbocycles. The first-order chi connectivity index (χ1) is 9.47. The van der Waals surface area contributed by atoms with E-state index in [0.29, 0.717) is 10.2 Å². The zero-order valence-corrected chi connectivity index (χ0v) is 11.6. The van der Waals surface area contributed by atoms with E-state index in [9.17, 15) is 10.1 Å². The zero-order valence-electron chi connectivity index (χ0n) is 10.8. The van der Waals surface area contributed by atoms with Crippen LogP contribution in [0.1, 0.15) is 11.4 Å². The second-order valence-corrected chi connectivity index (χ2v) is 4.97. The molecule has 0 radical (unpaired) electrons. The number of pyridine rings is 1. The average Bonchev–Trinajstić information content (AvgIpc) is 2.36. The summed E-state index contributed by atoms with van der Waals surface area (Å²) in [5, 5.41) is 11.7. The van der Waals surface area contributed by atoms with Crippen molar-refractivity contribution in [3.63, 3.8) is 0 Å². The second-order valence-electron chi connectivity index (χ2n) is 3.99. The fraction of sp³-hybridized carbons (Fsp3) is 0.182. The van der Waals surface area contributed by atoms with Crippen molar-refractivity contribution in [3.8, 4) is 0 Å². The van der Waals surface area contributed by atoms with Gasteiger partial charge in [-0.25, -0.2) is 20.8 Å². The molecule has 0 aliphatic carbocycles. The fourth-order valence-electron chi connectivity index (χ4n) is 1.56. The highest BCUT2D eigenvalue weighted by molar-refractivity contribution is 7.99. The van der Waals surface area contributed by atoms with Crippen LogP contribution >= 0.6 is 11.8 Å². The number of nitrogens with one attached hydrogen (secondary N) is 1. The molecule has 0 fully saturated rings. The van der Waals surface area contributed by atoms with E-state index in [0.717, 1.165) is 23.1 Å². The van der Waals surface area contributed by atoms with E-state index < -0.39 is 4.92 Å². The molecule has 0 saturated heterocycles. The lowest BCUT2D eigenvalue weighted by Crippen LogP contribution is -2.09. The second kappa shape index (κ2) is 5.80. The summed E-state index contributed by atoms with van der Waals surface area (Å²) in [6.07, 6.45) is 0. The van der Waals surface area contributed by atoms with Crippen LogP contribution < -0.4 is 11.3 Å². The molecule has 0 bridgehead atoms. The number of hydrazine groups is 1. The van der Waals surface area contributed by atoms with Crippen molar-refractivity contribution in [3.05, 3.63) is 39.7 Å². The number of nitrogens with zero attached hydrogens (tertiary/aromatic N) is 4. The Bertz CT molecular complexity index is 643. The summed E-state index contributed by atoms with van der Waals surface area (Å²) in [7, 11) is 0. The maximum absolute atomic E-state index is 10.9. The van der Waals surface area contributed by atoms with E-state index in [1.807, 2.05) is 19.9 Å². The summed E-state index contributed by atoms with van der Waals surface area (Å²) in [4.78, 5) is 23.0. The first kappa shape index (κ1) is 14.2. The Balaban J connectivity index is 2.37.